The molecule has 2 rings (SSSR count). The van der Waals surface area contributed by atoms with E-state index in [1.807, 2.05) is 12.1 Å². The van der Waals surface area contributed by atoms with Crippen LogP contribution < -0.4 is 5.73 Å². The van der Waals surface area contributed by atoms with Crippen LogP contribution in [0, 0.1) is 0 Å². The van der Waals surface area contributed by atoms with Crippen molar-refractivity contribution in [2.75, 3.05) is 6.54 Å². The van der Waals surface area contributed by atoms with Gasteiger partial charge in [0.1, 0.15) is 5.15 Å². The van der Waals surface area contributed by atoms with Crippen LogP contribution in [0.1, 0.15) is 17.4 Å². The highest BCUT2D eigenvalue weighted by molar-refractivity contribution is 7.19. The van der Waals surface area contributed by atoms with Crippen molar-refractivity contribution in [2.45, 2.75) is 12.5 Å². The first-order valence-corrected chi connectivity index (χ1v) is 5.84. The number of thiophene rings is 1. The lowest BCUT2D eigenvalue weighted by Crippen LogP contribution is -2.05. The van der Waals surface area contributed by atoms with Crippen LogP contribution in [-0.2, 0) is 0 Å². The second-order valence-corrected chi connectivity index (χ2v) is 4.76. The topological polar surface area (TPSA) is 59.1 Å². The number of hydrogen-bond acceptors (Lipinski definition) is 4. The zero-order valence-electron chi connectivity index (χ0n) is 7.98. The first-order valence-electron chi connectivity index (χ1n) is 4.65. The number of rotatable bonds is 3. The van der Waals surface area contributed by atoms with Gasteiger partial charge in [0.25, 0.3) is 0 Å². The molecule has 15 heavy (non-hydrogen) atoms. The summed E-state index contributed by atoms with van der Waals surface area (Å²) in [6, 6.07) is 5.53. The van der Waals surface area contributed by atoms with Gasteiger partial charge in [-0.1, -0.05) is 11.6 Å². The maximum Gasteiger partial charge on any atom is 0.129 e. The highest BCUT2D eigenvalue weighted by atomic mass is 35.5. The number of nitrogens with zero attached hydrogens (tertiary/aromatic N) is 1. The molecule has 0 saturated heterocycles. The Morgan fingerprint density at radius 3 is 3.07 bits per heavy atom. The molecule has 0 radical (unpaired) electrons. The van der Waals surface area contributed by atoms with Crippen molar-refractivity contribution in [1.82, 2.24) is 4.98 Å². The number of aliphatic hydroxyl groups is 1. The molecular formula is C10H11ClN2OS. The molecule has 0 aliphatic carbocycles. The van der Waals surface area contributed by atoms with Gasteiger partial charge in [0.15, 0.2) is 0 Å². The highest BCUT2D eigenvalue weighted by Crippen LogP contribution is 2.30. The molecule has 0 amide bonds. The van der Waals surface area contributed by atoms with E-state index in [4.69, 9.17) is 17.3 Å². The number of pyridine rings is 1. The Morgan fingerprint density at radius 2 is 2.33 bits per heavy atom. The summed E-state index contributed by atoms with van der Waals surface area (Å²) in [6.07, 6.45) is 0.0774. The fourth-order valence-corrected chi connectivity index (χ4v) is 2.56. The molecule has 3 N–H and O–H groups in total. The van der Waals surface area contributed by atoms with Gasteiger partial charge in [0, 0.05) is 4.88 Å². The minimum atomic E-state index is -0.493. The summed E-state index contributed by atoms with van der Waals surface area (Å²) in [7, 11) is 0. The van der Waals surface area contributed by atoms with Crippen LogP contribution >= 0.6 is 22.9 Å². The predicted octanol–water partition coefficient (Wildman–Crippen LogP) is 2.33. The number of nitrogens with two attached hydrogens (primary N) is 1. The largest absolute Gasteiger partial charge is 0.388 e. The van der Waals surface area contributed by atoms with E-state index in [9.17, 15) is 5.11 Å². The molecule has 0 fully saturated rings. The van der Waals surface area contributed by atoms with Gasteiger partial charge in [-0.25, -0.2) is 4.98 Å². The van der Waals surface area contributed by atoms with Crippen molar-refractivity contribution in [1.29, 1.82) is 0 Å². The van der Waals surface area contributed by atoms with Crippen LogP contribution in [0.5, 0.6) is 0 Å². The van der Waals surface area contributed by atoms with Crippen molar-refractivity contribution >= 4 is 33.2 Å². The number of fused-ring (bicyclic) bond motifs is 1. The van der Waals surface area contributed by atoms with Crippen LogP contribution in [0.15, 0.2) is 18.2 Å². The zero-order valence-corrected chi connectivity index (χ0v) is 9.55. The van der Waals surface area contributed by atoms with Crippen LogP contribution in [-0.4, -0.2) is 16.6 Å². The van der Waals surface area contributed by atoms with E-state index in [0.29, 0.717) is 18.1 Å². The van der Waals surface area contributed by atoms with E-state index in [2.05, 4.69) is 4.98 Å². The lowest BCUT2D eigenvalue weighted by molar-refractivity contribution is 0.174. The van der Waals surface area contributed by atoms with Crippen LogP contribution in [0.25, 0.3) is 10.2 Å². The average Bonchev–Trinajstić information content (AvgIpc) is 2.60. The third kappa shape index (κ3) is 2.29. The summed E-state index contributed by atoms with van der Waals surface area (Å²) >= 11 is 7.31. The molecule has 2 aromatic heterocycles. The predicted molar refractivity (Wildman–Crippen MR) is 63.3 cm³/mol. The fourth-order valence-electron chi connectivity index (χ4n) is 1.38. The lowest BCUT2D eigenvalue weighted by atomic mass is 10.2. The second-order valence-electron chi connectivity index (χ2n) is 3.26. The monoisotopic (exact) mass is 242 g/mol. The molecule has 1 atom stereocenters. The minimum absolute atomic E-state index is 0.472. The summed E-state index contributed by atoms with van der Waals surface area (Å²) in [5, 5.41) is 10.2. The Bertz CT molecular complexity index is 471. The van der Waals surface area contributed by atoms with Gasteiger partial charge >= 0.3 is 0 Å². The van der Waals surface area contributed by atoms with Crippen LogP contribution in [0.4, 0.5) is 0 Å². The summed E-state index contributed by atoms with van der Waals surface area (Å²) in [4.78, 5) is 5.07. The molecule has 2 aromatic rings. The standard InChI is InChI=1S/C10H11ClN2OS/c11-10-2-1-8-6(13-10)5-9(15-8)7(14)3-4-12/h1-2,5,7,14H,3-4,12H2. The Hall–Kier alpha value is -0.680. The Morgan fingerprint density at radius 1 is 1.53 bits per heavy atom. The molecule has 0 aliphatic rings. The maximum atomic E-state index is 9.76. The molecule has 80 valence electrons. The SMILES string of the molecule is NCCC(O)c1cc2nc(Cl)ccc2s1. The van der Waals surface area contributed by atoms with E-state index >= 15 is 0 Å². The quantitative estimate of drug-likeness (QED) is 0.813. The van der Waals surface area contributed by atoms with Crippen molar-refractivity contribution in [3.05, 3.63) is 28.2 Å². The van der Waals surface area contributed by atoms with Crippen molar-refractivity contribution in [3.8, 4) is 0 Å². The molecule has 0 aliphatic heterocycles. The van der Waals surface area contributed by atoms with Gasteiger partial charge < -0.3 is 10.8 Å². The molecule has 1 unspecified atom stereocenters. The summed E-state index contributed by atoms with van der Waals surface area (Å²) in [5.74, 6) is 0. The molecule has 3 nitrogen and oxygen atoms in total. The van der Waals surface area contributed by atoms with E-state index in [0.717, 1.165) is 15.1 Å². The lowest BCUT2D eigenvalue weighted by Gasteiger charge is -2.04. The highest BCUT2D eigenvalue weighted by Gasteiger charge is 2.11. The van der Waals surface area contributed by atoms with E-state index in [1.54, 1.807) is 6.07 Å². The molecule has 2 heterocycles. The Balaban J connectivity index is 2.38. The van der Waals surface area contributed by atoms with Gasteiger partial charge in [0.05, 0.1) is 16.3 Å². The van der Waals surface area contributed by atoms with E-state index in [-0.39, 0.29) is 0 Å². The van der Waals surface area contributed by atoms with Crippen LogP contribution in [0.3, 0.4) is 0 Å². The van der Waals surface area contributed by atoms with Gasteiger partial charge in [-0.15, -0.1) is 11.3 Å². The Labute approximate surface area is 96.5 Å². The molecule has 0 aromatic carbocycles. The molecule has 0 spiro atoms. The number of aliphatic hydroxyl groups excluding tert-OH is 1. The van der Waals surface area contributed by atoms with E-state index in [1.165, 1.54) is 11.3 Å². The normalized spacial score (nSPS) is 13.3. The summed E-state index contributed by atoms with van der Waals surface area (Å²) in [5.41, 5.74) is 6.23. The third-order valence-electron chi connectivity index (χ3n) is 2.13. The Kier molecular flexibility index (Phi) is 3.21. The average molecular weight is 243 g/mol. The number of aromatic nitrogens is 1. The fraction of sp³-hybridized carbons (Fsp3) is 0.300. The number of halogens is 1. The summed E-state index contributed by atoms with van der Waals surface area (Å²) in [6.45, 7) is 0.476. The third-order valence-corrected chi connectivity index (χ3v) is 3.53. The van der Waals surface area contributed by atoms with Crippen molar-refractivity contribution in [2.24, 2.45) is 5.73 Å². The number of hydrogen-bond donors (Lipinski definition) is 2. The first kappa shape index (κ1) is 10.8. The minimum Gasteiger partial charge on any atom is -0.388 e. The molecular weight excluding hydrogens is 232 g/mol. The van der Waals surface area contributed by atoms with E-state index < -0.39 is 6.10 Å². The zero-order chi connectivity index (χ0) is 10.8. The smallest absolute Gasteiger partial charge is 0.129 e. The van der Waals surface area contributed by atoms with Crippen molar-refractivity contribution < 1.29 is 5.11 Å². The van der Waals surface area contributed by atoms with Gasteiger partial charge in [-0.05, 0) is 31.2 Å². The second kappa shape index (κ2) is 4.45. The maximum absolute atomic E-state index is 9.76. The molecule has 0 bridgehead atoms. The van der Waals surface area contributed by atoms with Gasteiger partial charge in [-0.3, -0.25) is 0 Å². The molecule has 5 heteroatoms. The van der Waals surface area contributed by atoms with Gasteiger partial charge in [-0.2, -0.15) is 0 Å². The van der Waals surface area contributed by atoms with Gasteiger partial charge in [0.2, 0.25) is 0 Å². The molecule has 0 saturated carbocycles. The first-order chi connectivity index (χ1) is 7.20. The summed E-state index contributed by atoms with van der Waals surface area (Å²) < 4.78 is 1.03. The van der Waals surface area contributed by atoms with Crippen molar-refractivity contribution in [3.63, 3.8) is 0 Å². The van der Waals surface area contributed by atoms with Crippen LogP contribution in [0.2, 0.25) is 5.15 Å².